The van der Waals surface area contributed by atoms with E-state index in [4.69, 9.17) is 4.74 Å². The van der Waals surface area contributed by atoms with Crippen LogP contribution in [0.5, 0.6) is 5.75 Å². The van der Waals surface area contributed by atoms with Crippen molar-refractivity contribution in [3.8, 4) is 5.75 Å². The minimum atomic E-state index is -4.43. The maximum Gasteiger partial charge on any atom is 0.416 e. The van der Waals surface area contributed by atoms with Crippen LogP contribution in [0.3, 0.4) is 0 Å². The van der Waals surface area contributed by atoms with Gasteiger partial charge in [0.1, 0.15) is 5.75 Å². The second-order valence-electron chi connectivity index (χ2n) is 5.00. The number of halogens is 3. The zero-order valence-electron chi connectivity index (χ0n) is 13.3. The molecule has 8 heteroatoms. The smallest absolute Gasteiger partial charge is 0.416 e. The Kier molecular flexibility index (Phi) is 5.99. The Morgan fingerprint density at radius 2 is 1.92 bits per heavy atom. The average molecular weight is 351 g/mol. The highest BCUT2D eigenvalue weighted by molar-refractivity contribution is 5.84. The minimum absolute atomic E-state index is 0.198. The van der Waals surface area contributed by atoms with Gasteiger partial charge in [-0.3, -0.25) is 4.79 Å². The van der Waals surface area contributed by atoms with Crippen molar-refractivity contribution in [2.75, 3.05) is 19.0 Å². The van der Waals surface area contributed by atoms with Gasteiger partial charge >= 0.3 is 6.18 Å². The molecule has 2 aromatic carbocycles. The molecule has 0 aliphatic carbocycles. The van der Waals surface area contributed by atoms with Gasteiger partial charge < -0.3 is 10.1 Å². The summed E-state index contributed by atoms with van der Waals surface area (Å²) in [6, 6.07) is 11.6. The summed E-state index contributed by atoms with van der Waals surface area (Å²) in [5.41, 5.74) is 2.46. The normalized spacial score (nSPS) is 11.4. The summed E-state index contributed by atoms with van der Waals surface area (Å²) >= 11 is 0. The first-order chi connectivity index (χ1) is 11.9. The molecule has 0 saturated carbocycles. The number of nitrogens with zero attached hydrogens (tertiary/aromatic N) is 1. The van der Waals surface area contributed by atoms with Gasteiger partial charge in [-0.25, -0.2) is 5.43 Å². The maximum absolute atomic E-state index is 12.6. The molecule has 2 aromatic rings. The predicted molar refractivity (Wildman–Crippen MR) is 88.7 cm³/mol. The predicted octanol–water partition coefficient (Wildman–Crippen LogP) is 3.28. The highest BCUT2D eigenvalue weighted by Crippen LogP contribution is 2.30. The fraction of sp³-hybridized carbons (Fsp3) is 0.176. The number of carbonyl (C=O) groups excluding carboxylic acids is 1. The first-order valence-corrected chi connectivity index (χ1v) is 7.25. The van der Waals surface area contributed by atoms with Gasteiger partial charge in [0.25, 0.3) is 5.91 Å². The van der Waals surface area contributed by atoms with Crippen molar-refractivity contribution in [3.63, 3.8) is 0 Å². The third kappa shape index (κ3) is 5.83. The molecule has 0 saturated heterocycles. The van der Waals surface area contributed by atoms with E-state index in [2.05, 4.69) is 15.8 Å². The number of alkyl halides is 3. The van der Waals surface area contributed by atoms with Crippen LogP contribution in [0.1, 0.15) is 11.1 Å². The summed E-state index contributed by atoms with van der Waals surface area (Å²) in [5.74, 6) is 0.216. The third-order valence-corrected chi connectivity index (χ3v) is 3.16. The van der Waals surface area contributed by atoms with Crippen molar-refractivity contribution < 1.29 is 22.7 Å². The summed E-state index contributed by atoms with van der Waals surface area (Å²) in [4.78, 5) is 11.7. The molecule has 0 spiro atoms. The highest BCUT2D eigenvalue weighted by Gasteiger charge is 2.30. The molecule has 0 bridgehead atoms. The van der Waals surface area contributed by atoms with E-state index in [-0.39, 0.29) is 12.2 Å². The molecule has 5 nitrogen and oxygen atoms in total. The molecular weight excluding hydrogens is 335 g/mol. The number of carbonyl (C=O) groups is 1. The first-order valence-electron chi connectivity index (χ1n) is 7.25. The van der Waals surface area contributed by atoms with Crippen molar-refractivity contribution in [2.24, 2.45) is 5.10 Å². The van der Waals surface area contributed by atoms with Crippen LogP contribution in [0.4, 0.5) is 18.9 Å². The Hall–Kier alpha value is -3.03. The van der Waals surface area contributed by atoms with Crippen LogP contribution in [0.25, 0.3) is 0 Å². The molecule has 0 unspecified atom stereocenters. The third-order valence-electron chi connectivity index (χ3n) is 3.16. The second kappa shape index (κ2) is 8.18. The summed E-state index contributed by atoms with van der Waals surface area (Å²) < 4.78 is 42.8. The van der Waals surface area contributed by atoms with E-state index < -0.39 is 17.6 Å². The summed E-state index contributed by atoms with van der Waals surface area (Å²) in [7, 11) is 1.56. The van der Waals surface area contributed by atoms with Crippen LogP contribution in [0.2, 0.25) is 0 Å². The van der Waals surface area contributed by atoms with Crippen LogP contribution in [0, 0.1) is 0 Å². The van der Waals surface area contributed by atoms with Crippen molar-refractivity contribution in [3.05, 3.63) is 59.7 Å². The number of hydrogen-bond donors (Lipinski definition) is 2. The Labute approximate surface area is 142 Å². The quantitative estimate of drug-likeness (QED) is 0.620. The second-order valence-corrected chi connectivity index (χ2v) is 5.00. The standard InChI is InChI=1S/C17H16F3N3O2/c1-25-15-7-5-12(6-8-15)10-22-23-16(24)11-21-14-4-2-3-13(9-14)17(18,19)20/h2-10,21H,11H2,1H3,(H,23,24)/b22-10-. The Morgan fingerprint density at radius 3 is 2.56 bits per heavy atom. The maximum atomic E-state index is 12.6. The zero-order valence-corrected chi connectivity index (χ0v) is 13.3. The molecule has 25 heavy (non-hydrogen) atoms. The molecule has 0 fully saturated rings. The highest BCUT2D eigenvalue weighted by atomic mass is 19.4. The van der Waals surface area contributed by atoms with E-state index in [1.807, 2.05) is 0 Å². The summed E-state index contributed by atoms with van der Waals surface area (Å²) in [6.07, 6.45) is -2.98. The molecule has 2 N–H and O–H groups in total. The lowest BCUT2D eigenvalue weighted by atomic mass is 10.2. The lowest BCUT2D eigenvalue weighted by Crippen LogP contribution is -2.26. The van der Waals surface area contributed by atoms with Gasteiger partial charge in [-0.2, -0.15) is 18.3 Å². The SMILES string of the molecule is COc1ccc(/C=N\NC(=O)CNc2cccc(C(F)(F)F)c2)cc1. The number of rotatable bonds is 6. The Morgan fingerprint density at radius 1 is 1.20 bits per heavy atom. The lowest BCUT2D eigenvalue weighted by molar-refractivity contribution is -0.137. The van der Waals surface area contributed by atoms with Gasteiger partial charge in [-0.1, -0.05) is 6.07 Å². The fourth-order valence-corrected chi connectivity index (χ4v) is 1.90. The van der Waals surface area contributed by atoms with Gasteiger partial charge in [0.15, 0.2) is 0 Å². The molecule has 0 radical (unpaired) electrons. The number of methoxy groups -OCH3 is 1. The van der Waals surface area contributed by atoms with Gasteiger partial charge in [-0.15, -0.1) is 0 Å². The van der Waals surface area contributed by atoms with E-state index in [0.29, 0.717) is 5.75 Å². The Balaban J connectivity index is 1.83. The van der Waals surface area contributed by atoms with Crippen LogP contribution in [0.15, 0.2) is 53.6 Å². The van der Waals surface area contributed by atoms with Crippen molar-refractivity contribution in [2.45, 2.75) is 6.18 Å². The molecule has 0 atom stereocenters. The van der Waals surface area contributed by atoms with E-state index in [1.165, 1.54) is 18.3 Å². The number of hydrogen-bond acceptors (Lipinski definition) is 4. The average Bonchev–Trinajstić information content (AvgIpc) is 2.60. The topological polar surface area (TPSA) is 62.7 Å². The molecule has 0 aliphatic heterocycles. The number of amides is 1. The number of anilines is 1. The Bertz CT molecular complexity index is 744. The van der Waals surface area contributed by atoms with Crippen LogP contribution >= 0.6 is 0 Å². The molecule has 0 heterocycles. The van der Waals surface area contributed by atoms with E-state index in [9.17, 15) is 18.0 Å². The molecule has 2 rings (SSSR count). The van der Waals surface area contributed by atoms with E-state index in [1.54, 1.807) is 31.4 Å². The van der Waals surface area contributed by atoms with Gasteiger partial charge in [0.05, 0.1) is 25.4 Å². The molecule has 0 aromatic heterocycles. The molecule has 1 amide bonds. The van der Waals surface area contributed by atoms with E-state index >= 15 is 0 Å². The number of ether oxygens (including phenoxy) is 1. The lowest BCUT2D eigenvalue weighted by Gasteiger charge is -2.10. The minimum Gasteiger partial charge on any atom is -0.497 e. The monoisotopic (exact) mass is 351 g/mol. The van der Waals surface area contributed by atoms with Crippen molar-refractivity contribution in [1.29, 1.82) is 0 Å². The van der Waals surface area contributed by atoms with Crippen LogP contribution < -0.4 is 15.5 Å². The largest absolute Gasteiger partial charge is 0.497 e. The van der Waals surface area contributed by atoms with Gasteiger partial charge in [0, 0.05) is 5.69 Å². The van der Waals surface area contributed by atoms with Crippen LogP contribution in [-0.4, -0.2) is 25.8 Å². The number of nitrogens with one attached hydrogen (secondary N) is 2. The molecular formula is C17H16F3N3O2. The summed E-state index contributed by atoms with van der Waals surface area (Å²) in [6.45, 7) is -0.207. The number of hydrazone groups is 1. The number of benzene rings is 2. The summed E-state index contributed by atoms with van der Waals surface area (Å²) in [5, 5.41) is 6.40. The van der Waals surface area contributed by atoms with Crippen LogP contribution in [-0.2, 0) is 11.0 Å². The van der Waals surface area contributed by atoms with E-state index in [0.717, 1.165) is 17.7 Å². The fourth-order valence-electron chi connectivity index (χ4n) is 1.90. The molecule has 132 valence electrons. The zero-order chi connectivity index (χ0) is 18.3. The van der Waals surface area contributed by atoms with Crippen molar-refractivity contribution >= 4 is 17.8 Å². The van der Waals surface area contributed by atoms with Gasteiger partial charge in [-0.05, 0) is 48.0 Å². The first kappa shape index (κ1) is 18.3. The van der Waals surface area contributed by atoms with Gasteiger partial charge in [0.2, 0.25) is 0 Å². The van der Waals surface area contributed by atoms with Crippen molar-refractivity contribution in [1.82, 2.24) is 5.43 Å². The molecule has 0 aliphatic rings.